The molecule has 3 aromatic heterocycles. The number of fused-ring (bicyclic) bond motifs is 1. The normalized spacial score (nSPS) is 16.0. The number of nitrogens with zero attached hydrogens (tertiary/aromatic N) is 6. The molecule has 0 spiro atoms. The molecule has 30 heavy (non-hydrogen) atoms. The third-order valence-corrected chi connectivity index (χ3v) is 5.06. The van der Waals surface area contributed by atoms with Gasteiger partial charge < -0.3 is 10.6 Å². The number of halogens is 5. The molecule has 1 aliphatic heterocycles. The van der Waals surface area contributed by atoms with Crippen molar-refractivity contribution >= 4 is 50.6 Å². The Morgan fingerprint density at radius 3 is 2.67 bits per heavy atom. The molecule has 0 fully saturated rings. The van der Waals surface area contributed by atoms with Crippen molar-refractivity contribution < 1.29 is 18.0 Å². The van der Waals surface area contributed by atoms with Crippen LogP contribution in [-0.4, -0.2) is 49.8 Å². The van der Waals surface area contributed by atoms with Crippen LogP contribution in [0.2, 0.25) is 5.02 Å². The largest absolute Gasteiger partial charge is 0.410 e. The quantitative estimate of drug-likeness (QED) is 0.551. The minimum Gasteiger partial charge on any atom is -0.370 e. The van der Waals surface area contributed by atoms with E-state index in [0.717, 1.165) is 4.90 Å². The van der Waals surface area contributed by atoms with Crippen LogP contribution in [0.25, 0.3) is 5.82 Å². The maximum Gasteiger partial charge on any atom is 0.410 e. The number of anilines is 3. The van der Waals surface area contributed by atoms with Crippen LogP contribution in [0.5, 0.6) is 0 Å². The Hall–Kier alpha value is -2.93. The van der Waals surface area contributed by atoms with E-state index < -0.39 is 24.8 Å². The standard InChI is InChI=1S/C16H11BrClF3N8O/c17-9-5-22-6-11-13(9)27-12(16(19,20)21)7-28(11)15(30)26-8-3-10(18)14(23-4-8)29-24-1-2-25-29/h1-6,12,27H,7H2,(H,26,30). The number of carbonyl (C=O) groups is 1. The number of urea groups is 1. The van der Waals surface area contributed by atoms with E-state index in [0.29, 0.717) is 4.47 Å². The Balaban J connectivity index is 1.61. The third-order valence-electron chi connectivity index (χ3n) is 4.18. The molecule has 2 amide bonds. The number of pyridine rings is 2. The topological polar surface area (TPSA) is 101 Å². The first-order valence-corrected chi connectivity index (χ1v) is 9.48. The highest BCUT2D eigenvalue weighted by molar-refractivity contribution is 9.10. The van der Waals surface area contributed by atoms with Gasteiger partial charge in [0.05, 0.1) is 57.9 Å². The fourth-order valence-electron chi connectivity index (χ4n) is 2.81. The molecule has 0 bridgehead atoms. The lowest BCUT2D eigenvalue weighted by atomic mass is 10.1. The van der Waals surface area contributed by atoms with Gasteiger partial charge in [0.1, 0.15) is 6.04 Å². The summed E-state index contributed by atoms with van der Waals surface area (Å²) in [6.45, 7) is -0.642. The highest BCUT2D eigenvalue weighted by Crippen LogP contribution is 2.39. The van der Waals surface area contributed by atoms with Gasteiger partial charge in [0, 0.05) is 6.20 Å². The molecule has 156 valence electrons. The fraction of sp³-hybridized carbons (Fsp3) is 0.188. The minimum atomic E-state index is -4.57. The number of carbonyl (C=O) groups excluding carboxylic acids is 1. The second kappa shape index (κ2) is 7.72. The zero-order valence-electron chi connectivity index (χ0n) is 14.7. The van der Waals surface area contributed by atoms with Crippen LogP contribution in [0, 0.1) is 0 Å². The van der Waals surface area contributed by atoms with Gasteiger partial charge >= 0.3 is 12.2 Å². The van der Waals surface area contributed by atoms with Crippen molar-refractivity contribution in [1.29, 1.82) is 0 Å². The molecule has 0 saturated heterocycles. The van der Waals surface area contributed by atoms with Gasteiger partial charge in [0.25, 0.3) is 0 Å². The smallest absolute Gasteiger partial charge is 0.370 e. The lowest BCUT2D eigenvalue weighted by Gasteiger charge is -2.36. The van der Waals surface area contributed by atoms with Gasteiger partial charge in [-0.25, -0.2) is 9.78 Å². The predicted molar refractivity (Wildman–Crippen MR) is 106 cm³/mol. The molecular formula is C16H11BrClF3N8O. The van der Waals surface area contributed by atoms with E-state index in [1.54, 1.807) is 0 Å². The number of nitrogens with one attached hydrogen (secondary N) is 2. The van der Waals surface area contributed by atoms with Crippen molar-refractivity contribution in [3.8, 4) is 5.82 Å². The van der Waals surface area contributed by atoms with Crippen LogP contribution < -0.4 is 15.5 Å². The van der Waals surface area contributed by atoms with Crippen LogP contribution in [-0.2, 0) is 0 Å². The van der Waals surface area contributed by atoms with Crippen molar-refractivity contribution in [3.63, 3.8) is 0 Å². The maximum absolute atomic E-state index is 13.4. The Morgan fingerprint density at radius 1 is 1.27 bits per heavy atom. The summed E-state index contributed by atoms with van der Waals surface area (Å²) >= 11 is 9.34. The lowest BCUT2D eigenvalue weighted by Crippen LogP contribution is -2.52. The van der Waals surface area contributed by atoms with Gasteiger partial charge in [-0.05, 0) is 22.0 Å². The summed E-state index contributed by atoms with van der Waals surface area (Å²) in [4.78, 5) is 23.0. The summed E-state index contributed by atoms with van der Waals surface area (Å²) in [5, 5.41) is 12.9. The van der Waals surface area contributed by atoms with Crippen LogP contribution in [0.1, 0.15) is 0 Å². The summed E-state index contributed by atoms with van der Waals surface area (Å²) < 4.78 is 40.4. The molecule has 0 aliphatic carbocycles. The highest BCUT2D eigenvalue weighted by atomic mass is 79.9. The zero-order valence-corrected chi connectivity index (χ0v) is 17.1. The molecular weight excluding hydrogens is 493 g/mol. The molecule has 0 radical (unpaired) electrons. The lowest BCUT2D eigenvalue weighted by molar-refractivity contribution is -0.140. The second-order valence-corrected chi connectivity index (χ2v) is 7.40. The van der Waals surface area contributed by atoms with E-state index in [1.165, 1.54) is 41.8 Å². The molecule has 14 heteroatoms. The molecule has 4 heterocycles. The third kappa shape index (κ3) is 3.89. The average Bonchev–Trinajstić information content (AvgIpc) is 3.21. The first-order valence-electron chi connectivity index (χ1n) is 8.31. The number of aromatic nitrogens is 5. The van der Waals surface area contributed by atoms with Crippen LogP contribution in [0.4, 0.5) is 35.0 Å². The number of alkyl halides is 3. The summed E-state index contributed by atoms with van der Waals surface area (Å²) in [6, 6.07) is -1.35. The van der Waals surface area contributed by atoms with Gasteiger partial charge in [0.15, 0.2) is 5.82 Å². The fourth-order valence-corrected chi connectivity index (χ4v) is 3.49. The number of amides is 2. The van der Waals surface area contributed by atoms with Crippen molar-refractivity contribution in [2.75, 3.05) is 22.1 Å². The Kier molecular flexibility index (Phi) is 5.24. The highest BCUT2D eigenvalue weighted by Gasteiger charge is 2.45. The molecule has 1 aliphatic rings. The number of hydrogen-bond donors (Lipinski definition) is 2. The van der Waals surface area contributed by atoms with E-state index in [9.17, 15) is 18.0 Å². The van der Waals surface area contributed by atoms with Crippen molar-refractivity contribution in [1.82, 2.24) is 25.0 Å². The van der Waals surface area contributed by atoms with Gasteiger partial charge in [0.2, 0.25) is 0 Å². The Labute approximate surface area is 180 Å². The first kappa shape index (κ1) is 20.3. The van der Waals surface area contributed by atoms with Crippen molar-refractivity contribution in [2.24, 2.45) is 0 Å². The monoisotopic (exact) mass is 502 g/mol. The molecule has 0 aromatic carbocycles. The molecule has 0 saturated carbocycles. The van der Waals surface area contributed by atoms with Gasteiger partial charge in [-0.3, -0.25) is 9.88 Å². The van der Waals surface area contributed by atoms with E-state index in [1.807, 2.05) is 0 Å². The Morgan fingerprint density at radius 2 is 2.00 bits per heavy atom. The summed E-state index contributed by atoms with van der Waals surface area (Å²) in [5.74, 6) is 0.234. The van der Waals surface area contributed by atoms with E-state index in [4.69, 9.17) is 11.6 Å². The number of rotatable bonds is 2. The van der Waals surface area contributed by atoms with Gasteiger partial charge in [-0.1, -0.05) is 11.6 Å². The van der Waals surface area contributed by atoms with Crippen LogP contribution in [0.15, 0.2) is 41.5 Å². The van der Waals surface area contributed by atoms with Crippen molar-refractivity contribution in [2.45, 2.75) is 12.2 Å². The summed E-state index contributed by atoms with van der Waals surface area (Å²) in [5.41, 5.74) is 0.497. The summed E-state index contributed by atoms with van der Waals surface area (Å²) in [7, 11) is 0. The molecule has 3 aromatic rings. The zero-order chi connectivity index (χ0) is 21.5. The molecule has 4 rings (SSSR count). The van der Waals surface area contributed by atoms with Crippen LogP contribution in [0.3, 0.4) is 0 Å². The molecule has 9 nitrogen and oxygen atoms in total. The average molecular weight is 504 g/mol. The van der Waals surface area contributed by atoms with E-state index in [2.05, 4.69) is 46.7 Å². The first-order chi connectivity index (χ1) is 14.2. The summed E-state index contributed by atoms with van der Waals surface area (Å²) in [6.07, 6.45) is 2.26. The van der Waals surface area contributed by atoms with Gasteiger partial charge in [-0.15, -0.1) is 4.80 Å². The van der Waals surface area contributed by atoms with Crippen molar-refractivity contribution in [3.05, 3.63) is 46.5 Å². The Bertz CT molecular complexity index is 1090. The molecule has 2 N–H and O–H groups in total. The van der Waals surface area contributed by atoms with Crippen LogP contribution >= 0.6 is 27.5 Å². The van der Waals surface area contributed by atoms with E-state index in [-0.39, 0.29) is 27.9 Å². The SMILES string of the molecule is O=C(Nc1cnc(-n2nccn2)c(Cl)c1)N1CC(C(F)(F)F)Nc2c(Br)cncc21. The molecule has 1 unspecified atom stereocenters. The van der Waals surface area contributed by atoms with Gasteiger partial charge in [-0.2, -0.15) is 23.4 Å². The predicted octanol–water partition coefficient (Wildman–Crippen LogP) is 3.87. The number of hydrogen-bond acceptors (Lipinski definition) is 6. The second-order valence-electron chi connectivity index (χ2n) is 6.14. The maximum atomic E-state index is 13.4. The molecule has 1 atom stereocenters. The van der Waals surface area contributed by atoms with E-state index >= 15 is 0 Å². The minimum absolute atomic E-state index is 0.116.